The molecule has 0 aliphatic carbocycles. The lowest BCUT2D eigenvalue weighted by Gasteiger charge is -2.32. The van der Waals surface area contributed by atoms with Crippen molar-refractivity contribution in [1.29, 1.82) is 0 Å². The Morgan fingerprint density at radius 1 is 1.00 bits per heavy atom. The van der Waals surface area contributed by atoms with Gasteiger partial charge in [0.15, 0.2) is 0 Å². The summed E-state index contributed by atoms with van der Waals surface area (Å²) in [5, 5.41) is 16.7. The predicted octanol–water partition coefficient (Wildman–Crippen LogP) is 6.29. The van der Waals surface area contributed by atoms with Crippen molar-refractivity contribution in [3.63, 3.8) is 0 Å². The number of carbonyl (C=O) groups is 1. The Bertz CT molecular complexity index is 2250. The highest BCUT2D eigenvalue weighted by Gasteiger charge is 2.33. The highest BCUT2D eigenvalue weighted by atomic mass is 35.5. The Morgan fingerprint density at radius 2 is 1.75 bits per heavy atom. The van der Waals surface area contributed by atoms with Crippen molar-refractivity contribution >= 4 is 55.1 Å². The highest BCUT2D eigenvalue weighted by molar-refractivity contribution is 7.92. The largest absolute Gasteiger partial charge is 0.481 e. The number of aromatic nitrogens is 4. The monoisotopic (exact) mass is 625 g/mol. The molecule has 0 unspecified atom stereocenters. The number of pyridine rings is 1. The summed E-state index contributed by atoms with van der Waals surface area (Å²) in [7, 11) is -1.73. The lowest BCUT2D eigenvalue weighted by molar-refractivity contribution is -0.136. The SMILES string of the molecule is Cc1c(CC(=O)O)c(-c2ccc(Cl)cc2)c2cc(-c3ccnc(-c4ccc5c(cnn5C)c4)c3)n3c2c1N(S(C)(=O)=O)CC3. The third-order valence-corrected chi connectivity index (χ3v) is 9.85. The first-order valence-electron chi connectivity index (χ1n) is 14.0. The Balaban J connectivity index is 1.52. The second-order valence-electron chi connectivity index (χ2n) is 11.2. The molecule has 6 aromatic rings. The minimum Gasteiger partial charge on any atom is -0.481 e. The van der Waals surface area contributed by atoms with Gasteiger partial charge in [-0.25, -0.2) is 8.42 Å². The number of hydrogen-bond donors (Lipinski definition) is 1. The summed E-state index contributed by atoms with van der Waals surface area (Å²) in [6.07, 6.45) is 4.53. The van der Waals surface area contributed by atoms with Crippen molar-refractivity contribution in [2.75, 3.05) is 17.1 Å². The number of sulfonamides is 1. The summed E-state index contributed by atoms with van der Waals surface area (Å²) in [4.78, 5) is 16.8. The lowest BCUT2D eigenvalue weighted by Crippen LogP contribution is -2.37. The lowest BCUT2D eigenvalue weighted by atomic mass is 9.89. The van der Waals surface area contributed by atoms with Gasteiger partial charge in [0.25, 0.3) is 0 Å². The van der Waals surface area contributed by atoms with Crippen LogP contribution in [-0.2, 0) is 34.8 Å². The first-order chi connectivity index (χ1) is 21.0. The number of carboxylic acid groups (broad SMARTS) is 1. The van der Waals surface area contributed by atoms with E-state index in [4.69, 9.17) is 11.6 Å². The molecule has 0 amide bonds. The molecule has 0 saturated carbocycles. The van der Waals surface area contributed by atoms with E-state index in [1.165, 1.54) is 10.6 Å². The zero-order chi connectivity index (χ0) is 30.9. The van der Waals surface area contributed by atoms with Crippen LogP contribution in [0.25, 0.3) is 55.4 Å². The summed E-state index contributed by atoms with van der Waals surface area (Å²) < 4.78 is 31.5. The third-order valence-electron chi connectivity index (χ3n) is 8.44. The zero-order valence-corrected chi connectivity index (χ0v) is 25.8. The number of nitrogens with zero attached hydrogens (tertiary/aromatic N) is 5. The second kappa shape index (κ2) is 10.2. The molecule has 1 aliphatic rings. The summed E-state index contributed by atoms with van der Waals surface area (Å²) >= 11 is 6.22. The van der Waals surface area contributed by atoms with Gasteiger partial charge >= 0.3 is 5.97 Å². The molecule has 9 nitrogen and oxygen atoms in total. The summed E-state index contributed by atoms with van der Waals surface area (Å²) in [5.41, 5.74) is 8.60. The Morgan fingerprint density at radius 3 is 2.48 bits per heavy atom. The molecular weight excluding hydrogens is 598 g/mol. The van der Waals surface area contributed by atoms with Crippen LogP contribution >= 0.6 is 11.6 Å². The van der Waals surface area contributed by atoms with Crippen LogP contribution in [0.15, 0.2) is 73.1 Å². The van der Waals surface area contributed by atoms with E-state index < -0.39 is 16.0 Å². The van der Waals surface area contributed by atoms with E-state index in [-0.39, 0.29) is 13.0 Å². The fourth-order valence-electron chi connectivity index (χ4n) is 6.47. The number of rotatable bonds is 6. The van der Waals surface area contributed by atoms with Gasteiger partial charge < -0.3 is 9.67 Å². The standard InChI is InChI=1S/C33H28ClN5O4S/c1-19-25(17-30(40)41)31(20-4-7-24(34)8-5-20)26-16-29(38-12-13-39(44(3,42)43)32(19)33(26)38)22-10-11-35-27(15-22)21-6-9-28-23(14-21)18-36-37(28)2/h4-11,14-16,18H,12-13,17H2,1-3H3,(H,40,41). The number of hydrogen-bond acceptors (Lipinski definition) is 5. The van der Waals surface area contributed by atoms with Gasteiger partial charge in [0.2, 0.25) is 10.0 Å². The molecule has 7 rings (SSSR count). The second-order valence-corrected chi connectivity index (χ2v) is 13.5. The molecule has 0 fully saturated rings. The van der Waals surface area contributed by atoms with Crippen LogP contribution in [-0.4, -0.2) is 51.6 Å². The summed E-state index contributed by atoms with van der Waals surface area (Å²) in [6.45, 7) is 2.47. The molecule has 0 bridgehead atoms. The number of halogens is 1. The van der Waals surface area contributed by atoms with Crippen LogP contribution in [0.2, 0.25) is 5.02 Å². The van der Waals surface area contributed by atoms with Crippen molar-refractivity contribution in [2.45, 2.75) is 19.9 Å². The molecule has 4 heterocycles. The van der Waals surface area contributed by atoms with Gasteiger partial charge in [-0.15, -0.1) is 0 Å². The van der Waals surface area contributed by atoms with E-state index in [1.54, 1.807) is 18.3 Å². The number of carboxylic acids is 1. The van der Waals surface area contributed by atoms with E-state index in [9.17, 15) is 18.3 Å². The fourth-order valence-corrected chi connectivity index (χ4v) is 7.56. The molecule has 1 N–H and O–H groups in total. The minimum absolute atomic E-state index is 0.228. The molecule has 44 heavy (non-hydrogen) atoms. The Kier molecular flexibility index (Phi) is 6.53. The van der Waals surface area contributed by atoms with Crippen LogP contribution in [0.3, 0.4) is 0 Å². The van der Waals surface area contributed by atoms with E-state index in [1.807, 2.05) is 67.3 Å². The van der Waals surface area contributed by atoms with Crippen LogP contribution in [0.1, 0.15) is 11.1 Å². The summed E-state index contributed by atoms with van der Waals surface area (Å²) in [6, 6.07) is 19.4. The zero-order valence-electron chi connectivity index (χ0n) is 24.2. The Labute approximate surface area is 259 Å². The van der Waals surface area contributed by atoms with Gasteiger partial charge in [0.1, 0.15) is 0 Å². The number of aryl methyl sites for hydroxylation is 1. The van der Waals surface area contributed by atoms with Gasteiger partial charge in [-0.05, 0) is 71.6 Å². The van der Waals surface area contributed by atoms with Crippen LogP contribution in [0.5, 0.6) is 0 Å². The van der Waals surface area contributed by atoms with E-state index in [0.717, 1.165) is 55.4 Å². The highest BCUT2D eigenvalue weighted by Crippen LogP contribution is 2.47. The first kappa shape index (κ1) is 28.1. The maximum absolute atomic E-state index is 13.1. The van der Waals surface area contributed by atoms with Gasteiger partial charge in [0.05, 0.1) is 47.8 Å². The smallest absolute Gasteiger partial charge is 0.307 e. The van der Waals surface area contributed by atoms with Crippen LogP contribution in [0.4, 0.5) is 5.69 Å². The molecule has 0 atom stereocenters. The van der Waals surface area contributed by atoms with Gasteiger partial charge in [0, 0.05) is 52.4 Å². The van der Waals surface area contributed by atoms with Gasteiger partial charge in [-0.2, -0.15) is 5.10 Å². The molecule has 0 radical (unpaired) electrons. The van der Waals surface area contributed by atoms with Gasteiger partial charge in [-0.1, -0.05) is 29.8 Å². The average Bonchev–Trinajstić information content (AvgIpc) is 3.56. The van der Waals surface area contributed by atoms with Crippen LogP contribution in [0, 0.1) is 6.92 Å². The molecule has 3 aromatic heterocycles. The van der Waals surface area contributed by atoms with Crippen molar-refractivity contribution < 1.29 is 18.3 Å². The molecule has 0 spiro atoms. The molecule has 11 heteroatoms. The minimum atomic E-state index is -3.64. The number of fused-ring (bicyclic) bond motifs is 1. The van der Waals surface area contributed by atoms with Crippen LogP contribution < -0.4 is 4.31 Å². The first-order valence-corrected chi connectivity index (χ1v) is 16.3. The maximum atomic E-state index is 13.1. The molecule has 1 aliphatic heterocycles. The van der Waals surface area contributed by atoms with Crippen molar-refractivity contribution in [3.05, 3.63) is 89.2 Å². The van der Waals surface area contributed by atoms with Crippen molar-refractivity contribution in [3.8, 4) is 33.6 Å². The topological polar surface area (TPSA) is 110 Å². The van der Waals surface area contributed by atoms with E-state index in [0.29, 0.717) is 28.4 Å². The van der Waals surface area contributed by atoms with Gasteiger partial charge in [-0.3, -0.25) is 18.8 Å². The van der Waals surface area contributed by atoms with E-state index in [2.05, 4.69) is 20.7 Å². The van der Waals surface area contributed by atoms with Crippen molar-refractivity contribution in [1.82, 2.24) is 19.3 Å². The van der Waals surface area contributed by atoms with E-state index >= 15 is 0 Å². The van der Waals surface area contributed by atoms with Crippen molar-refractivity contribution in [2.24, 2.45) is 7.05 Å². The maximum Gasteiger partial charge on any atom is 0.307 e. The molecule has 0 saturated heterocycles. The molecular formula is C33H28ClN5O4S. The number of benzene rings is 3. The normalized spacial score (nSPS) is 13.2. The average molecular weight is 626 g/mol. The third kappa shape index (κ3) is 4.53. The quantitative estimate of drug-likeness (QED) is 0.233. The fraction of sp³-hybridized carbons (Fsp3) is 0.182. The number of anilines is 1. The summed E-state index contributed by atoms with van der Waals surface area (Å²) in [5.74, 6) is -0.999. The Hall–Kier alpha value is -4.67. The predicted molar refractivity (Wildman–Crippen MR) is 174 cm³/mol. The molecule has 222 valence electrons. The molecule has 3 aromatic carbocycles. The number of aliphatic carboxylic acids is 1.